The summed E-state index contributed by atoms with van der Waals surface area (Å²) < 4.78 is 63.5. The van der Waals surface area contributed by atoms with Crippen molar-refractivity contribution in [1.29, 1.82) is 0 Å². The molecule has 0 atom stereocenters. The highest BCUT2D eigenvalue weighted by Crippen LogP contribution is 2.22. The highest BCUT2D eigenvalue weighted by molar-refractivity contribution is 5.56. The summed E-state index contributed by atoms with van der Waals surface area (Å²) in [5.74, 6) is 0. The van der Waals surface area contributed by atoms with Crippen LogP contribution in [0.15, 0.2) is 18.2 Å². The zero-order chi connectivity index (χ0) is 17.1. The summed E-state index contributed by atoms with van der Waals surface area (Å²) in [5.41, 5.74) is 1.48. The Kier molecular flexibility index (Phi) is 1.10. The van der Waals surface area contributed by atoms with Crippen molar-refractivity contribution in [2.24, 2.45) is 0 Å². The summed E-state index contributed by atoms with van der Waals surface area (Å²) in [7, 11) is 0. The average molecular weight is 198 g/mol. The molecule has 1 aromatic carbocycles. The summed E-state index contributed by atoms with van der Waals surface area (Å²) >= 11 is 0. The molecule has 2 rings (SSSR count). The molecule has 1 heterocycles. The number of nitrogens with zero attached hydrogens (tertiary/aromatic N) is 1. The van der Waals surface area contributed by atoms with Crippen molar-refractivity contribution in [3.05, 3.63) is 29.3 Å². The Morgan fingerprint density at radius 3 is 2.71 bits per heavy atom. The molecule has 0 unspecified atom stereocenters. The standard InChI is InChI=1S/C12H18N2/c1-10-4-3-5-12(11(10)2)14-8-6-13-7-9-14/h3-5,13H,6-9H2,1-2H3/i6D2,7D2,8D2,9D2. The van der Waals surface area contributed by atoms with Crippen LogP contribution in [0.2, 0.25) is 0 Å². The minimum absolute atomic E-state index is 0.129. The molecule has 1 saturated heterocycles. The highest BCUT2D eigenvalue weighted by atomic mass is 15.2. The molecule has 0 saturated carbocycles. The lowest BCUT2D eigenvalue weighted by Crippen LogP contribution is -2.43. The predicted molar refractivity (Wildman–Crippen MR) is 61.0 cm³/mol. The van der Waals surface area contributed by atoms with Crippen LogP contribution in [0.25, 0.3) is 0 Å². The van der Waals surface area contributed by atoms with Crippen molar-refractivity contribution in [3.8, 4) is 0 Å². The fourth-order valence-electron chi connectivity index (χ4n) is 1.33. The van der Waals surface area contributed by atoms with E-state index in [2.05, 4.69) is 0 Å². The lowest BCUT2D eigenvalue weighted by Gasteiger charge is -2.31. The van der Waals surface area contributed by atoms with Crippen molar-refractivity contribution < 1.29 is 11.0 Å². The number of benzene rings is 1. The van der Waals surface area contributed by atoms with Crippen molar-refractivity contribution in [2.45, 2.75) is 13.8 Å². The molecule has 1 aliphatic heterocycles. The number of nitrogens with one attached hydrogen (secondary N) is 1. The molecule has 1 aliphatic rings. The van der Waals surface area contributed by atoms with E-state index in [4.69, 9.17) is 11.0 Å². The Bertz CT molecular complexity index is 573. The van der Waals surface area contributed by atoms with Gasteiger partial charge in [0.15, 0.2) is 0 Å². The number of aryl methyl sites for hydroxylation is 1. The molecule has 0 bridgehead atoms. The van der Waals surface area contributed by atoms with Crippen LogP contribution in [0, 0.1) is 13.8 Å². The topological polar surface area (TPSA) is 15.3 Å². The molecule has 0 aliphatic carbocycles. The molecule has 0 amide bonds. The molecule has 1 aromatic rings. The summed E-state index contributed by atoms with van der Waals surface area (Å²) in [6.45, 7) is -7.70. The first-order chi connectivity index (χ1) is 9.76. The normalized spacial score (nSPS) is 40.0. The van der Waals surface area contributed by atoms with E-state index in [0.29, 0.717) is 10.5 Å². The lowest BCUT2D eigenvalue weighted by atomic mass is 10.1. The van der Waals surface area contributed by atoms with Gasteiger partial charge < -0.3 is 10.2 Å². The molecule has 14 heavy (non-hydrogen) atoms. The molecular formula is C12H18N2. The maximum atomic E-state index is 8.07. The summed E-state index contributed by atoms with van der Waals surface area (Å²) in [6, 6.07) is 4.85. The van der Waals surface area contributed by atoms with Gasteiger partial charge >= 0.3 is 0 Å². The number of anilines is 1. The second kappa shape index (κ2) is 4.01. The quantitative estimate of drug-likeness (QED) is 0.739. The SMILES string of the molecule is [2H]C1([2H])NC([2H])([2H])C([2H])([2H])N(c2cccc(C)c2C)C1([2H])[2H]. The largest absolute Gasteiger partial charge is 0.369 e. The van der Waals surface area contributed by atoms with Gasteiger partial charge in [0.2, 0.25) is 0 Å². The third-order valence-electron chi connectivity index (χ3n) is 2.28. The first-order valence-corrected chi connectivity index (χ1v) is 4.41. The van der Waals surface area contributed by atoms with E-state index in [1.807, 2.05) is 5.32 Å². The van der Waals surface area contributed by atoms with Crippen LogP contribution in [0.3, 0.4) is 0 Å². The number of hydrogen-bond donors (Lipinski definition) is 1. The summed E-state index contributed by atoms with van der Waals surface area (Å²) in [4.78, 5) is 0.568. The molecule has 1 N–H and O–H groups in total. The Morgan fingerprint density at radius 1 is 1.29 bits per heavy atom. The van der Waals surface area contributed by atoms with Gasteiger partial charge in [0.25, 0.3) is 0 Å². The maximum Gasteiger partial charge on any atom is 0.0506 e. The third-order valence-corrected chi connectivity index (χ3v) is 2.28. The Hall–Kier alpha value is -1.02. The van der Waals surface area contributed by atoms with Crippen LogP contribution >= 0.6 is 0 Å². The Labute approximate surface area is 97.2 Å². The van der Waals surface area contributed by atoms with E-state index in [0.717, 1.165) is 5.56 Å². The van der Waals surface area contributed by atoms with Gasteiger partial charge in [-0.25, -0.2) is 0 Å². The van der Waals surface area contributed by atoms with Gasteiger partial charge in [-0.3, -0.25) is 0 Å². The van der Waals surface area contributed by atoms with Crippen molar-refractivity contribution in [1.82, 2.24) is 5.32 Å². The lowest BCUT2D eigenvalue weighted by molar-refractivity contribution is 0.588. The zero-order valence-electron chi connectivity index (χ0n) is 16.2. The van der Waals surface area contributed by atoms with E-state index in [-0.39, 0.29) is 5.69 Å². The minimum atomic E-state index is -2.79. The molecule has 1 fully saturated rings. The van der Waals surface area contributed by atoms with Gasteiger partial charge in [0.1, 0.15) is 0 Å². The minimum Gasteiger partial charge on any atom is -0.369 e. The monoisotopic (exact) mass is 198 g/mol. The van der Waals surface area contributed by atoms with Gasteiger partial charge in [-0.15, -0.1) is 0 Å². The molecule has 2 heteroatoms. The second-order valence-corrected chi connectivity index (χ2v) is 3.15. The van der Waals surface area contributed by atoms with E-state index >= 15 is 0 Å². The first-order valence-electron chi connectivity index (χ1n) is 8.41. The van der Waals surface area contributed by atoms with Crippen LogP contribution < -0.4 is 10.2 Å². The van der Waals surface area contributed by atoms with E-state index in [1.165, 1.54) is 6.07 Å². The number of hydrogen-bond acceptors (Lipinski definition) is 2. The molecule has 2 nitrogen and oxygen atoms in total. The van der Waals surface area contributed by atoms with E-state index in [9.17, 15) is 0 Å². The van der Waals surface area contributed by atoms with Crippen LogP contribution in [0.1, 0.15) is 22.1 Å². The third kappa shape index (κ3) is 1.75. The van der Waals surface area contributed by atoms with Crippen molar-refractivity contribution in [3.63, 3.8) is 0 Å². The first kappa shape index (κ1) is 3.86. The number of rotatable bonds is 1. The summed E-state index contributed by atoms with van der Waals surface area (Å²) in [6.07, 6.45) is 0. The van der Waals surface area contributed by atoms with Gasteiger partial charge in [0, 0.05) is 37.2 Å². The van der Waals surface area contributed by atoms with Gasteiger partial charge in [-0.2, -0.15) is 0 Å². The van der Waals surface area contributed by atoms with E-state index in [1.54, 1.807) is 26.0 Å². The van der Waals surface area contributed by atoms with Gasteiger partial charge in [0.05, 0.1) is 5.48 Å². The molecule has 0 spiro atoms. The molecule has 0 aromatic heterocycles. The van der Waals surface area contributed by atoms with Crippen molar-refractivity contribution in [2.75, 3.05) is 30.9 Å². The van der Waals surface area contributed by atoms with Gasteiger partial charge in [-0.05, 0) is 31.0 Å². The van der Waals surface area contributed by atoms with Crippen molar-refractivity contribution >= 4 is 5.69 Å². The second-order valence-electron chi connectivity index (χ2n) is 3.15. The fourth-order valence-corrected chi connectivity index (χ4v) is 1.33. The predicted octanol–water partition coefficient (Wildman–Crippen LogP) is 1.71. The van der Waals surface area contributed by atoms with Crippen LogP contribution in [-0.2, 0) is 0 Å². The zero-order valence-corrected chi connectivity index (χ0v) is 8.18. The smallest absolute Gasteiger partial charge is 0.0506 e. The van der Waals surface area contributed by atoms with E-state index < -0.39 is 26.0 Å². The van der Waals surface area contributed by atoms with Crippen LogP contribution in [-0.4, -0.2) is 26.0 Å². The Balaban J connectivity index is 2.75. The molecular weight excluding hydrogens is 172 g/mol. The molecule has 76 valence electrons. The van der Waals surface area contributed by atoms with Crippen LogP contribution in [0.5, 0.6) is 0 Å². The Morgan fingerprint density at radius 2 is 2.00 bits per heavy atom. The molecule has 0 radical (unpaired) electrons. The number of piperazine rings is 1. The average Bonchev–Trinajstić information content (AvgIpc) is 2.31. The van der Waals surface area contributed by atoms with Gasteiger partial charge in [-0.1, -0.05) is 12.1 Å². The fraction of sp³-hybridized carbons (Fsp3) is 0.500. The maximum absolute atomic E-state index is 8.07. The highest BCUT2D eigenvalue weighted by Gasteiger charge is 2.12. The van der Waals surface area contributed by atoms with Crippen LogP contribution in [0.4, 0.5) is 5.69 Å². The summed E-state index contributed by atoms with van der Waals surface area (Å²) in [5, 5.41) is 1.82.